The molecule has 2 aromatic rings. The highest BCUT2D eigenvalue weighted by molar-refractivity contribution is 5.91. The molecule has 0 saturated carbocycles. The van der Waals surface area contributed by atoms with Crippen LogP contribution in [-0.4, -0.2) is 19.5 Å². The van der Waals surface area contributed by atoms with Gasteiger partial charge in [0, 0.05) is 11.6 Å². The van der Waals surface area contributed by atoms with Crippen LogP contribution in [0.5, 0.6) is 23.0 Å². The molecular weight excluding hydrogens is 322 g/mol. The Hall–Kier alpha value is -2.99. The fourth-order valence-electron chi connectivity index (χ4n) is 4.03. The predicted molar refractivity (Wildman–Crippen MR) is 86.4 cm³/mol. The summed E-state index contributed by atoms with van der Waals surface area (Å²) in [7, 11) is 0. The van der Waals surface area contributed by atoms with Gasteiger partial charge in [0.15, 0.2) is 23.0 Å². The van der Waals surface area contributed by atoms with Crippen molar-refractivity contribution in [2.45, 2.75) is 13.0 Å². The van der Waals surface area contributed by atoms with Gasteiger partial charge in [-0.25, -0.2) is 9.69 Å². The van der Waals surface area contributed by atoms with Gasteiger partial charge in [0.25, 0.3) is 0 Å². The minimum absolute atomic E-state index is 0.153. The van der Waals surface area contributed by atoms with Gasteiger partial charge in [-0.15, -0.1) is 0 Å². The molecule has 1 unspecified atom stereocenters. The number of carbonyl (C=O) groups is 1. The van der Waals surface area contributed by atoms with Crippen molar-refractivity contribution in [3.63, 3.8) is 0 Å². The van der Waals surface area contributed by atoms with E-state index in [0.29, 0.717) is 13.0 Å². The second-order valence-corrected chi connectivity index (χ2v) is 6.54. The number of ether oxygens (including phenoxy) is 4. The molecule has 0 fully saturated rings. The Kier molecular flexibility index (Phi) is 2.42. The third-order valence-electron chi connectivity index (χ3n) is 5.23. The third-order valence-corrected chi connectivity index (χ3v) is 5.23. The summed E-state index contributed by atoms with van der Waals surface area (Å²) in [5.74, 6) is 3.13. The summed E-state index contributed by atoms with van der Waals surface area (Å²) in [6, 6.07) is 7.88. The van der Waals surface area contributed by atoms with E-state index in [1.54, 1.807) is 0 Å². The first-order valence-electron chi connectivity index (χ1n) is 8.23. The van der Waals surface area contributed by atoms with E-state index in [2.05, 4.69) is 6.08 Å². The zero-order chi connectivity index (χ0) is 16.5. The maximum atomic E-state index is 12.8. The summed E-state index contributed by atoms with van der Waals surface area (Å²) >= 11 is 0. The number of hydrogen-bond donors (Lipinski definition) is 1. The molecule has 6 rings (SSSR count). The number of nitrogens with one attached hydrogen (secondary N) is 1. The highest BCUT2D eigenvalue weighted by Crippen LogP contribution is 2.42. The lowest BCUT2D eigenvalue weighted by Crippen LogP contribution is -3.12. The Labute approximate surface area is 143 Å². The molecule has 1 N–H and O–H groups in total. The van der Waals surface area contributed by atoms with Crippen LogP contribution in [0.2, 0.25) is 0 Å². The topological polar surface area (TPSA) is 58.4 Å². The summed E-state index contributed by atoms with van der Waals surface area (Å²) in [5, 5.41) is 0. The van der Waals surface area contributed by atoms with Crippen LogP contribution in [0.15, 0.2) is 24.3 Å². The number of hydrogen-bond acceptors (Lipinski definition) is 5. The summed E-state index contributed by atoms with van der Waals surface area (Å²) in [6.07, 6.45) is 2.47. The SMILES string of the molecule is O=C1Cc2cc3c(cc2C2=Cc4ccc5c(c4C[NH+]12)OCO5)OCO3. The molecule has 25 heavy (non-hydrogen) atoms. The average molecular weight is 336 g/mol. The quantitative estimate of drug-likeness (QED) is 0.781. The van der Waals surface area contributed by atoms with Crippen molar-refractivity contribution in [3.8, 4) is 23.0 Å². The summed E-state index contributed by atoms with van der Waals surface area (Å²) in [5.41, 5.74) is 5.14. The molecule has 6 nitrogen and oxygen atoms in total. The summed E-state index contributed by atoms with van der Waals surface area (Å²) in [4.78, 5) is 13.6. The molecule has 4 aliphatic rings. The van der Waals surface area contributed by atoms with E-state index in [0.717, 1.165) is 55.8 Å². The molecule has 1 amide bonds. The van der Waals surface area contributed by atoms with E-state index in [-0.39, 0.29) is 19.5 Å². The van der Waals surface area contributed by atoms with Crippen molar-refractivity contribution in [2.75, 3.05) is 13.6 Å². The standard InChI is InChI=1S/C19H13NO5/c21-18-5-11-4-16-17(24-8-23-16)6-12(11)14-3-10-1-2-15-19(25-9-22-15)13(10)7-20(14)18/h1-4,6H,5,7-9H2/p+1. The Balaban J connectivity index is 1.56. The molecule has 124 valence electrons. The lowest BCUT2D eigenvalue weighted by molar-refractivity contribution is -0.758. The zero-order valence-electron chi connectivity index (χ0n) is 13.3. The number of carbonyl (C=O) groups excluding carboxylic acids is 1. The lowest BCUT2D eigenvalue weighted by atomic mass is 9.89. The zero-order valence-corrected chi connectivity index (χ0v) is 13.3. The predicted octanol–water partition coefficient (Wildman–Crippen LogP) is 1.12. The van der Waals surface area contributed by atoms with Gasteiger partial charge >= 0.3 is 5.91 Å². The van der Waals surface area contributed by atoms with Crippen molar-refractivity contribution >= 4 is 17.7 Å². The van der Waals surface area contributed by atoms with Gasteiger partial charge in [0.05, 0.1) is 12.0 Å². The van der Waals surface area contributed by atoms with Crippen LogP contribution in [0.1, 0.15) is 22.3 Å². The van der Waals surface area contributed by atoms with Gasteiger partial charge in [-0.3, -0.25) is 0 Å². The number of benzene rings is 2. The van der Waals surface area contributed by atoms with E-state index in [9.17, 15) is 4.79 Å². The van der Waals surface area contributed by atoms with Crippen LogP contribution in [0.4, 0.5) is 0 Å². The second-order valence-electron chi connectivity index (χ2n) is 6.54. The van der Waals surface area contributed by atoms with Crippen molar-refractivity contribution in [1.29, 1.82) is 0 Å². The summed E-state index contributed by atoms with van der Waals surface area (Å²) in [6.45, 7) is 1.03. The molecular formula is C19H14NO5+. The van der Waals surface area contributed by atoms with Crippen LogP contribution < -0.4 is 23.8 Å². The molecule has 0 aromatic heterocycles. The molecule has 4 heterocycles. The maximum Gasteiger partial charge on any atom is 0.321 e. The maximum absolute atomic E-state index is 12.8. The first-order chi connectivity index (χ1) is 12.3. The number of fused-ring (bicyclic) bond motifs is 7. The number of quaternary nitrogens is 1. The Bertz CT molecular complexity index is 994. The first kappa shape index (κ1) is 13.3. The second kappa shape index (κ2) is 4.55. The van der Waals surface area contributed by atoms with Gasteiger partial charge in [0.1, 0.15) is 12.2 Å². The highest BCUT2D eigenvalue weighted by Gasteiger charge is 2.39. The minimum Gasteiger partial charge on any atom is -0.454 e. The van der Waals surface area contributed by atoms with Crippen LogP contribution in [0.25, 0.3) is 11.8 Å². The molecule has 4 aliphatic heterocycles. The van der Waals surface area contributed by atoms with Crippen LogP contribution in [0, 0.1) is 0 Å². The Morgan fingerprint density at radius 1 is 0.920 bits per heavy atom. The van der Waals surface area contributed by atoms with Crippen molar-refractivity contribution in [2.24, 2.45) is 0 Å². The Morgan fingerprint density at radius 3 is 2.64 bits per heavy atom. The minimum atomic E-state index is 0.153. The fourth-order valence-corrected chi connectivity index (χ4v) is 4.03. The molecule has 0 aliphatic carbocycles. The van der Waals surface area contributed by atoms with Gasteiger partial charge in [-0.1, -0.05) is 6.07 Å². The highest BCUT2D eigenvalue weighted by atomic mass is 16.7. The van der Waals surface area contributed by atoms with Gasteiger partial charge in [-0.2, -0.15) is 0 Å². The molecule has 6 heteroatoms. The van der Waals surface area contributed by atoms with Crippen molar-refractivity contribution in [3.05, 3.63) is 46.5 Å². The van der Waals surface area contributed by atoms with E-state index < -0.39 is 0 Å². The number of amides is 1. The molecule has 0 radical (unpaired) electrons. The average Bonchev–Trinajstić information content (AvgIpc) is 3.27. The van der Waals surface area contributed by atoms with Crippen molar-refractivity contribution < 1.29 is 28.6 Å². The first-order valence-corrected chi connectivity index (χ1v) is 8.23. The van der Waals surface area contributed by atoms with E-state index in [1.807, 2.05) is 24.3 Å². The van der Waals surface area contributed by atoms with E-state index in [1.165, 1.54) is 0 Å². The third kappa shape index (κ3) is 1.74. The lowest BCUT2D eigenvalue weighted by Gasteiger charge is -2.30. The normalized spacial score (nSPS) is 21.4. The molecule has 1 atom stereocenters. The molecule has 0 saturated heterocycles. The van der Waals surface area contributed by atoms with Crippen LogP contribution in [0.3, 0.4) is 0 Å². The molecule has 2 aromatic carbocycles. The van der Waals surface area contributed by atoms with E-state index >= 15 is 0 Å². The largest absolute Gasteiger partial charge is 0.454 e. The van der Waals surface area contributed by atoms with Gasteiger partial charge < -0.3 is 18.9 Å². The van der Waals surface area contributed by atoms with Gasteiger partial charge in [-0.05, 0) is 29.3 Å². The van der Waals surface area contributed by atoms with Crippen LogP contribution >= 0.6 is 0 Å². The van der Waals surface area contributed by atoms with Crippen molar-refractivity contribution in [1.82, 2.24) is 0 Å². The van der Waals surface area contributed by atoms with E-state index in [4.69, 9.17) is 18.9 Å². The summed E-state index contributed by atoms with van der Waals surface area (Å²) < 4.78 is 22.1. The monoisotopic (exact) mass is 336 g/mol. The molecule has 0 spiro atoms. The Morgan fingerprint density at radius 2 is 1.72 bits per heavy atom. The fraction of sp³-hybridized carbons (Fsp3) is 0.211. The number of rotatable bonds is 0. The molecule has 0 bridgehead atoms. The van der Waals surface area contributed by atoms with Crippen LogP contribution in [-0.2, 0) is 17.8 Å². The smallest absolute Gasteiger partial charge is 0.321 e. The van der Waals surface area contributed by atoms with Gasteiger partial charge in [0.2, 0.25) is 13.6 Å².